The van der Waals surface area contributed by atoms with Crippen LogP contribution in [0.1, 0.15) is 32.4 Å². The maximum Gasteiger partial charge on any atom is 0.124 e. The Kier molecular flexibility index (Phi) is 3.96. The molecule has 1 aromatic heterocycles. The van der Waals surface area contributed by atoms with Crippen molar-refractivity contribution < 1.29 is 4.52 Å². The highest BCUT2D eigenvalue weighted by molar-refractivity contribution is 4.97. The van der Waals surface area contributed by atoms with Gasteiger partial charge in [0.1, 0.15) is 6.26 Å². The largest absolute Gasteiger partial charge is 0.364 e. The summed E-state index contributed by atoms with van der Waals surface area (Å²) >= 11 is 0. The minimum Gasteiger partial charge on any atom is -0.364 e. The summed E-state index contributed by atoms with van der Waals surface area (Å²) in [6.45, 7) is 7.59. The van der Waals surface area contributed by atoms with Gasteiger partial charge in [0.15, 0.2) is 0 Å². The van der Waals surface area contributed by atoms with E-state index >= 15 is 0 Å². The molecule has 0 spiro atoms. The van der Waals surface area contributed by atoms with Crippen LogP contribution in [-0.4, -0.2) is 35.2 Å². The van der Waals surface area contributed by atoms with Gasteiger partial charge < -0.3 is 9.84 Å². The molecule has 16 heavy (non-hydrogen) atoms. The van der Waals surface area contributed by atoms with Gasteiger partial charge in [-0.15, -0.1) is 0 Å². The monoisotopic (exact) mass is 223 g/mol. The van der Waals surface area contributed by atoms with E-state index in [9.17, 15) is 0 Å². The predicted octanol–water partition coefficient (Wildman–Crippen LogP) is 1.64. The van der Waals surface area contributed by atoms with E-state index in [4.69, 9.17) is 4.52 Å². The molecule has 1 saturated heterocycles. The summed E-state index contributed by atoms with van der Waals surface area (Å²) in [7, 11) is 0. The van der Waals surface area contributed by atoms with Crippen molar-refractivity contribution >= 4 is 0 Å². The van der Waals surface area contributed by atoms with Crippen LogP contribution in [0.15, 0.2) is 16.9 Å². The second-order valence-electron chi connectivity index (χ2n) is 4.50. The number of hydrogen-bond acceptors (Lipinski definition) is 4. The molecule has 0 aromatic carbocycles. The molecule has 0 saturated carbocycles. The summed E-state index contributed by atoms with van der Waals surface area (Å²) in [6, 6.07) is 3.20. The molecule has 0 bridgehead atoms. The van der Waals surface area contributed by atoms with Gasteiger partial charge >= 0.3 is 0 Å². The summed E-state index contributed by atoms with van der Waals surface area (Å²) in [4.78, 5) is 2.52. The third-order valence-corrected chi connectivity index (χ3v) is 3.43. The van der Waals surface area contributed by atoms with E-state index in [1.54, 1.807) is 6.26 Å². The van der Waals surface area contributed by atoms with E-state index in [0.29, 0.717) is 12.1 Å². The quantitative estimate of drug-likeness (QED) is 0.842. The standard InChI is InChI=1S/C12H21N3O/c1-3-10-8-15(12(4-2)7-13-10)9-11-5-6-16-14-11/h5-6,10,12-13H,3-4,7-9H2,1-2H3. The molecule has 1 aliphatic rings. The maximum absolute atomic E-state index is 4.89. The van der Waals surface area contributed by atoms with E-state index < -0.39 is 0 Å². The van der Waals surface area contributed by atoms with E-state index in [1.807, 2.05) is 6.07 Å². The van der Waals surface area contributed by atoms with Crippen LogP contribution in [0, 0.1) is 0 Å². The number of piperazine rings is 1. The Morgan fingerprint density at radius 1 is 1.50 bits per heavy atom. The summed E-state index contributed by atoms with van der Waals surface area (Å²) in [6.07, 6.45) is 4.02. The highest BCUT2D eigenvalue weighted by Gasteiger charge is 2.26. The third kappa shape index (κ3) is 2.62. The van der Waals surface area contributed by atoms with E-state index in [0.717, 1.165) is 25.3 Å². The highest BCUT2D eigenvalue weighted by Crippen LogP contribution is 2.15. The fourth-order valence-corrected chi connectivity index (χ4v) is 2.33. The van der Waals surface area contributed by atoms with Crippen LogP contribution in [0.4, 0.5) is 0 Å². The first-order valence-corrected chi connectivity index (χ1v) is 6.20. The second-order valence-corrected chi connectivity index (χ2v) is 4.50. The zero-order valence-electron chi connectivity index (χ0n) is 10.1. The molecule has 4 heteroatoms. The van der Waals surface area contributed by atoms with Gasteiger partial charge in [-0.05, 0) is 12.8 Å². The summed E-state index contributed by atoms with van der Waals surface area (Å²) < 4.78 is 4.89. The van der Waals surface area contributed by atoms with Crippen LogP contribution in [-0.2, 0) is 6.54 Å². The number of aromatic nitrogens is 1. The highest BCUT2D eigenvalue weighted by atomic mass is 16.5. The lowest BCUT2D eigenvalue weighted by Gasteiger charge is -2.39. The Morgan fingerprint density at radius 3 is 3.00 bits per heavy atom. The van der Waals surface area contributed by atoms with Gasteiger partial charge in [-0.1, -0.05) is 19.0 Å². The minimum absolute atomic E-state index is 0.620. The van der Waals surface area contributed by atoms with E-state index in [-0.39, 0.29) is 0 Å². The van der Waals surface area contributed by atoms with Crippen molar-refractivity contribution in [1.82, 2.24) is 15.4 Å². The van der Waals surface area contributed by atoms with Crippen molar-refractivity contribution in [2.24, 2.45) is 0 Å². The van der Waals surface area contributed by atoms with Crippen molar-refractivity contribution in [3.8, 4) is 0 Å². The van der Waals surface area contributed by atoms with Gasteiger partial charge in [-0.2, -0.15) is 0 Å². The van der Waals surface area contributed by atoms with Gasteiger partial charge in [0.2, 0.25) is 0 Å². The summed E-state index contributed by atoms with van der Waals surface area (Å²) in [5.74, 6) is 0. The van der Waals surface area contributed by atoms with E-state index in [2.05, 4.69) is 29.2 Å². The molecule has 2 rings (SSSR count). The van der Waals surface area contributed by atoms with Gasteiger partial charge in [0.25, 0.3) is 0 Å². The molecule has 4 nitrogen and oxygen atoms in total. The predicted molar refractivity (Wildman–Crippen MR) is 63.1 cm³/mol. The van der Waals surface area contributed by atoms with Crippen LogP contribution < -0.4 is 5.32 Å². The molecular formula is C12H21N3O. The second kappa shape index (κ2) is 5.46. The lowest BCUT2D eigenvalue weighted by molar-refractivity contribution is 0.114. The topological polar surface area (TPSA) is 41.3 Å². The Balaban J connectivity index is 1.97. The zero-order chi connectivity index (χ0) is 11.4. The lowest BCUT2D eigenvalue weighted by atomic mass is 10.1. The van der Waals surface area contributed by atoms with Crippen LogP contribution in [0.2, 0.25) is 0 Å². The molecule has 1 fully saturated rings. The van der Waals surface area contributed by atoms with Crippen molar-refractivity contribution in [1.29, 1.82) is 0 Å². The molecule has 0 aliphatic carbocycles. The average molecular weight is 223 g/mol. The molecule has 1 N–H and O–H groups in total. The number of hydrogen-bond donors (Lipinski definition) is 1. The molecule has 2 unspecified atom stereocenters. The van der Waals surface area contributed by atoms with Crippen LogP contribution in [0.3, 0.4) is 0 Å². The number of rotatable bonds is 4. The molecular weight excluding hydrogens is 202 g/mol. The van der Waals surface area contributed by atoms with Crippen molar-refractivity contribution in [3.05, 3.63) is 18.0 Å². The van der Waals surface area contributed by atoms with Crippen molar-refractivity contribution in [2.45, 2.75) is 45.3 Å². The molecule has 2 atom stereocenters. The fourth-order valence-electron chi connectivity index (χ4n) is 2.33. The van der Waals surface area contributed by atoms with Gasteiger partial charge in [0, 0.05) is 37.8 Å². The lowest BCUT2D eigenvalue weighted by Crippen LogP contribution is -2.55. The molecule has 1 aliphatic heterocycles. The number of nitrogens with zero attached hydrogens (tertiary/aromatic N) is 2. The number of nitrogens with one attached hydrogen (secondary N) is 1. The Labute approximate surface area is 97.0 Å². The van der Waals surface area contributed by atoms with Gasteiger partial charge in [0.05, 0.1) is 5.69 Å². The van der Waals surface area contributed by atoms with Crippen molar-refractivity contribution in [2.75, 3.05) is 13.1 Å². The Bertz CT molecular complexity index is 299. The first kappa shape index (κ1) is 11.6. The Morgan fingerprint density at radius 2 is 2.38 bits per heavy atom. The average Bonchev–Trinajstić information content (AvgIpc) is 2.82. The Hall–Kier alpha value is -0.870. The van der Waals surface area contributed by atoms with Crippen LogP contribution in [0.25, 0.3) is 0 Å². The normalized spacial score (nSPS) is 27.1. The van der Waals surface area contributed by atoms with Gasteiger partial charge in [-0.3, -0.25) is 4.90 Å². The van der Waals surface area contributed by atoms with Crippen LogP contribution >= 0.6 is 0 Å². The third-order valence-electron chi connectivity index (χ3n) is 3.43. The van der Waals surface area contributed by atoms with Crippen LogP contribution in [0.5, 0.6) is 0 Å². The summed E-state index contributed by atoms with van der Waals surface area (Å²) in [5.41, 5.74) is 1.04. The first-order valence-electron chi connectivity index (χ1n) is 6.20. The molecule has 1 aromatic rings. The molecule has 2 heterocycles. The molecule has 0 radical (unpaired) electrons. The SMILES string of the molecule is CCC1CN(Cc2ccon2)C(CC)CN1. The maximum atomic E-state index is 4.89. The zero-order valence-corrected chi connectivity index (χ0v) is 10.1. The molecule has 90 valence electrons. The minimum atomic E-state index is 0.620. The summed E-state index contributed by atoms with van der Waals surface area (Å²) in [5, 5.41) is 7.59. The fraction of sp³-hybridized carbons (Fsp3) is 0.750. The molecule has 0 amide bonds. The first-order chi connectivity index (χ1) is 7.83. The van der Waals surface area contributed by atoms with E-state index in [1.165, 1.54) is 12.8 Å². The van der Waals surface area contributed by atoms with Gasteiger partial charge in [-0.25, -0.2) is 0 Å². The van der Waals surface area contributed by atoms with Crippen molar-refractivity contribution in [3.63, 3.8) is 0 Å². The smallest absolute Gasteiger partial charge is 0.124 e.